The molecule has 94 valence electrons. The quantitative estimate of drug-likeness (QED) is 0.800. The van der Waals surface area contributed by atoms with Crippen molar-refractivity contribution < 1.29 is 18.3 Å². The van der Waals surface area contributed by atoms with Gasteiger partial charge in [-0.2, -0.15) is 13.2 Å². The Hall–Kier alpha value is -1.29. The van der Waals surface area contributed by atoms with Gasteiger partial charge in [0.1, 0.15) is 0 Å². The lowest BCUT2D eigenvalue weighted by Crippen LogP contribution is -2.31. The Bertz CT molecular complexity index is 393. The maximum Gasteiger partial charge on any atom is 0.412 e. The maximum atomic E-state index is 12.6. The van der Waals surface area contributed by atoms with Crippen molar-refractivity contribution in [2.24, 2.45) is 5.41 Å². The third-order valence-electron chi connectivity index (χ3n) is 2.92. The van der Waals surface area contributed by atoms with Gasteiger partial charge >= 0.3 is 6.18 Å². The highest BCUT2D eigenvalue weighted by Crippen LogP contribution is 2.45. The Balaban J connectivity index is 3.03. The Morgan fingerprint density at radius 1 is 1.18 bits per heavy atom. The number of alkyl halides is 3. The predicted molar refractivity (Wildman–Crippen MR) is 60.4 cm³/mol. The largest absolute Gasteiger partial charge is 0.412 e. The summed E-state index contributed by atoms with van der Waals surface area (Å²) in [6.45, 7) is 5.73. The first kappa shape index (κ1) is 13.8. The van der Waals surface area contributed by atoms with E-state index >= 15 is 0 Å². The first-order valence-corrected chi connectivity index (χ1v) is 5.17. The third kappa shape index (κ3) is 2.88. The molecule has 0 heterocycles. The summed E-state index contributed by atoms with van der Waals surface area (Å²) in [6.07, 6.45) is -5.74. The van der Waals surface area contributed by atoms with Gasteiger partial charge in [0.15, 0.2) is 0 Å². The molecule has 1 N–H and O–H groups in total. The van der Waals surface area contributed by atoms with Crippen molar-refractivity contribution in [3.8, 4) is 0 Å². The lowest BCUT2D eigenvalue weighted by atomic mass is 9.76. The van der Waals surface area contributed by atoms with Crippen LogP contribution in [-0.4, -0.2) is 11.3 Å². The molecule has 1 atom stereocenters. The second-order valence-electron chi connectivity index (χ2n) is 4.51. The van der Waals surface area contributed by atoms with Crippen LogP contribution in [0, 0.1) is 5.41 Å². The summed E-state index contributed by atoms with van der Waals surface area (Å²) in [5.41, 5.74) is -1.94. The SMILES string of the molecule is C=C(C(F)(F)F)C(C)(C)C(O)c1ccccc1. The van der Waals surface area contributed by atoms with Gasteiger partial charge in [0.05, 0.1) is 6.10 Å². The number of aliphatic hydroxyl groups is 1. The van der Waals surface area contributed by atoms with E-state index in [0.29, 0.717) is 5.56 Å². The summed E-state index contributed by atoms with van der Waals surface area (Å²) in [4.78, 5) is 0. The molecule has 0 aromatic heterocycles. The lowest BCUT2D eigenvalue weighted by Gasteiger charge is -2.33. The fourth-order valence-electron chi connectivity index (χ4n) is 1.58. The molecule has 1 nitrogen and oxygen atoms in total. The monoisotopic (exact) mass is 244 g/mol. The molecule has 4 heteroatoms. The van der Waals surface area contributed by atoms with Crippen LogP contribution in [0.3, 0.4) is 0 Å². The molecule has 0 aliphatic heterocycles. The molecule has 0 aliphatic rings. The van der Waals surface area contributed by atoms with E-state index in [1.165, 1.54) is 13.8 Å². The highest BCUT2D eigenvalue weighted by Gasteiger charge is 2.45. The Morgan fingerprint density at radius 3 is 2.06 bits per heavy atom. The average Bonchev–Trinajstić information content (AvgIpc) is 2.27. The molecule has 0 aliphatic carbocycles. The summed E-state index contributed by atoms with van der Waals surface area (Å²) >= 11 is 0. The molecule has 1 unspecified atom stereocenters. The van der Waals surface area contributed by atoms with E-state index in [1.807, 2.05) is 0 Å². The first-order chi connectivity index (χ1) is 7.67. The van der Waals surface area contributed by atoms with E-state index in [0.717, 1.165) is 0 Å². The van der Waals surface area contributed by atoms with Crippen LogP contribution in [0.4, 0.5) is 13.2 Å². The zero-order valence-corrected chi connectivity index (χ0v) is 9.75. The predicted octanol–water partition coefficient (Wildman–Crippen LogP) is 3.86. The average molecular weight is 244 g/mol. The maximum absolute atomic E-state index is 12.6. The summed E-state index contributed by atoms with van der Waals surface area (Å²) in [7, 11) is 0. The standard InChI is InChI=1S/C13H15F3O/c1-9(13(14,15)16)12(2,3)11(17)10-7-5-4-6-8-10/h4-8,11,17H,1H2,2-3H3. The van der Waals surface area contributed by atoms with Crippen molar-refractivity contribution in [1.29, 1.82) is 0 Å². The van der Waals surface area contributed by atoms with Crippen LogP contribution in [0.5, 0.6) is 0 Å². The second kappa shape index (κ2) is 4.53. The molecule has 0 saturated heterocycles. The van der Waals surface area contributed by atoms with E-state index in [2.05, 4.69) is 6.58 Å². The number of benzene rings is 1. The number of halogens is 3. The highest BCUT2D eigenvalue weighted by atomic mass is 19.4. The van der Waals surface area contributed by atoms with Gasteiger partial charge in [-0.1, -0.05) is 50.8 Å². The Kier molecular flexibility index (Phi) is 3.67. The van der Waals surface area contributed by atoms with Gasteiger partial charge in [-0.25, -0.2) is 0 Å². The highest BCUT2D eigenvalue weighted by molar-refractivity contribution is 5.25. The Morgan fingerprint density at radius 2 is 1.65 bits per heavy atom. The van der Waals surface area contributed by atoms with E-state index in [-0.39, 0.29) is 0 Å². The van der Waals surface area contributed by atoms with Gasteiger partial charge in [-0.05, 0) is 5.56 Å². The molecule has 0 saturated carbocycles. The van der Waals surface area contributed by atoms with Crippen LogP contribution in [0.25, 0.3) is 0 Å². The van der Waals surface area contributed by atoms with Gasteiger partial charge in [-0.3, -0.25) is 0 Å². The van der Waals surface area contributed by atoms with Gasteiger partial charge in [0.2, 0.25) is 0 Å². The molecule has 1 rings (SSSR count). The molecule has 1 aromatic carbocycles. The second-order valence-corrected chi connectivity index (χ2v) is 4.51. The fourth-order valence-corrected chi connectivity index (χ4v) is 1.58. The van der Waals surface area contributed by atoms with Crippen molar-refractivity contribution >= 4 is 0 Å². The number of rotatable bonds is 3. The normalized spacial score (nSPS) is 14.5. The number of hydrogen-bond acceptors (Lipinski definition) is 1. The van der Waals surface area contributed by atoms with E-state index < -0.39 is 23.3 Å². The molecule has 0 fully saturated rings. The molecule has 0 radical (unpaired) electrons. The summed E-state index contributed by atoms with van der Waals surface area (Å²) in [6, 6.07) is 8.27. The van der Waals surface area contributed by atoms with Crippen LogP contribution in [0.15, 0.2) is 42.5 Å². The first-order valence-electron chi connectivity index (χ1n) is 5.17. The van der Waals surface area contributed by atoms with Crippen molar-refractivity contribution in [3.63, 3.8) is 0 Å². The summed E-state index contributed by atoms with van der Waals surface area (Å²) < 4.78 is 37.8. The van der Waals surface area contributed by atoms with Crippen LogP contribution in [0.2, 0.25) is 0 Å². The van der Waals surface area contributed by atoms with Gasteiger partial charge in [0, 0.05) is 11.0 Å². The molecular weight excluding hydrogens is 229 g/mol. The molecule has 0 spiro atoms. The fraction of sp³-hybridized carbons (Fsp3) is 0.385. The molecule has 0 bridgehead atoms. The number of aliphatic hydroxyl groups excluding tert-OH is 1. The minimum absolute atomic E-state index is 0.447. The molecular formula is C13H15F3O. The molecule has 1 aromatic rings. The van der Waals surface area contributed by atoms with Crippen LogP contribution < -0.4 is 0 Å². The van der Waals surface area contributed by atoms with Crippen molar-refractivity contribution in [1.82, 2.24) is 0 Å². The molecule has 0 amide bonds. The zero-order chi connectivity index (χ0) is 13.3. The molecule has 17 heavy (non-hydrogen) atoms. The van der Waals surface area contributed by atoms with E-state index in [4.69, 9.17) is 0 Å². The third-order valence-corrected chi connectivity index (χ3v) is 2.92. The van der Waals surface area contributed by atoms with Gasteiger partial charge in [-0.15, -0.1) is 0 Å². The van der Waals surface area contributed by atoms with Gasteiger partial charge in [0.25, 0.3) is 0 Å². The summed E-state index contributed by atoms with van der Waals surface area (Å²) in [5, 5.41) is 10.0. The minimum atomic E-state index is -4.50. The number of hydrogen-bond donors (Lipinski definition) is 1. The van der Waals surface area contributed by atoms with Crippen LogP contribution >= 0.6 is 0 Å². The zero-order valence-electron chi connectivity index (χ0n) is 9.75. The topological polar surface area (TPSA) is 20.2 Å². The lowest BCUT2D eigenvalue weighted by molar-refractivity contribution is -0.115. The van der Waals surface area contributed by atoms with Crippen LogP contribution in [-0.2, 0) is 0 Å². The minimum Gasteiger partial charge on any atom is -0.388 e. The van der Waals surface area contributed by atoms with Gasteiger partial charge < -0.3 is 5.11 Å². The van der Waals surface area contributed by atoms with E-state index in [9.17, 15) is 18.3 Å². The van der Waals surface area contributed by atoms with Crippen LogP contribution in [0.1, 0.15) is 25.5 Å². The van der Waals surface area contributed by atoms with E-state index in [1.54, 1.807) is 30.3 Å². The smallest absolute Gasteiger partial charge is 0.388 e. The summed E-state index contributed by atoms with van der Waals surface area (Å²) in [5.74, 6) is 0. The van der Waals surface area contributed by atoms with Crippen molar-refractivity contribution in [3.05, 3.63) is 48.0 Å². The van der Waals surface area contributed by atoms with Crippen molar-refractivity contribution in [2.45, 2.75) is 26.1 Å². The van der Waals surface area contributed by atoms with Crippen molar-refractivity contribution in [2.75, 3.05) is 0 Å². The Labute approximate surface area is 98.6 Å².